The van der Waals surface area contributed by atoms with Crippen LogP contribution >= 0.6 is 0 Å². The van der Waals surface area contributed by atoms with Gasteiger partial charge in [-0.3, -0.25) is 0 Å². The molecule has 0 aromatic heterocycles. The summed E-state index contributed by atoms with van der Waals surface area (Å²) in [6.07, 6.45) is 1.58. The van der Waals surface area contributed by atoms with Crippen LogP contribution in [0.5, 0.6) is 5.75 Å². The largest absolute Gasteiger partial charge is 0.412 e. The van der Waals surface area contributed by atoms with Crippen molar-refractivity contribution in [2.24, 2.45) is 0 Å². The lowest BCUT2D eigenvalue weighted by Crippen LogP contribution is -1.78. The molecular weight excluding hydrogens is 130 g/mol. The molecular formula is C7H7NO2. The molecule has 1 aromatic rings. The highest BCUT2D eigenvalue weighted by Gasteiger charge is 1.84. The second kappa shape index (κ2) is 4.36. The molecule has 0 atom stereocenters. The fraction of sp³-hybridized carbons (Fsp3) is 0. The number of ether oxygens (including phenoxy) is 1. The van der Waals surface area contributed by atoms with E-state index < -0.39 is 0 Å². The lowest BCUT2D eigenvalue weighted by atomic mass is 10.3. The molecule has 1 aromatic carbocycles. The zero-order chi connectivity index (χ0) is 6.53. The summed E-state index contributed by atoms with van der Waals surface area (Å²) < 4.78 is 4.51. The SMILES string of the molecule is N#COc1ccccc1.O. The van der Waals surface area contributed by atoms with Crippen LogP contribution in [0.25, 0.3) is 0 Å². The van der Waals surface area contributed by atoms with Crippen molar-refractivity contribution in [3.05, 3.63) is 30.3 Å². The van der Waals surface area contributed by atoms with Gasteiger partial charge in [0, 0.05) is 0 Å². The number of hydrogen-bond acceptors (Lipinski definition) is 2. The van der Waals surface area contributed by atoms with Crippen molar-refractivity contribution in [1.82, 2.24) is 0 Å². The summed E-state index contributed by atoms with van der Waals surface area (Å²) in [5.74, 6) is 0.583. The van der Waals surface area contributed by atoms with E-state index >= 15 is 0 Å². The predicted molar refractivity (Wildman–Crippen MR) is 36.3 cm³/mol. The second-order valence-corrected chi connectivity index (χ2v) is 1.51. The van der Waals surface area contributed by atoms with E-state index in [2.05, 4.69) is 4.74 Å². The Labute approximate surface area is 58.8 Å². The van der Waals surface area contributed by atoms with E-state index in [1.54, 1.807) is 18.4 Å². The topological polar surface area (TPSA) is 64.5 Å². The van der Waals surface area contributed by atoms with Crippen LogP contribution in [-0.4, -0.2) is 5.48 Å². The van der Waals surface area contributed by atoms with Crippen molar-refractivity contribution in [2.45, 2.75) is 0 Å². The number of para-hydroxylation sites is 1. The van der Waals surface area contributed by atoms with E-state index in [0.29, 0.717) is 5.75 Å². The van der Waals surface area contributed by atoms with Crippen molar-refractivity contribution < 1.29 is 10.2 Å². The van der Waals surface area contributed by atoms with E-state index in [1.807, 2.05) is 18.2 Å². The molecule has 52 valence electrons. The highest BCUT2D eigenvalue weighted by molar-refractivity contribution is 5.21. The average Bonchev–Trinajstić information content (AvgIpc) is 1.91. The Balaban J connectivity index is 0.000000810. The molecule has 0 aliphatic carbocycles. The molecule has 1 rings (SSSR count). The molecule has 2 N–H and O–H groups in total. The van der Waals surface area contributed by atoms with Gasteiger partial charge in [-0.05, 0) is 12.1 Å². The van der Waals surface area contributed by atoms with E-state index in [1.165, 1.54) is 0 Å². The molecule has 0 spiro atoms. The lowest BCUT2D eigenvalue weighted by Gasteiger charge is -1.89. The van der Waals surface area contributed by atoms with Gasteiger partial charge in [0.1, 0.15) is 5.75 Å². The lowest BCUT2D eigenvalue weighted by molar-refractivity contribution is 0.507. The van der Waals surface area contributed by atoms with E-state index in [4.69, 9.17) is 5.26 Å². The third kappa shape index (κ3) is 2.16. The van der Waals surface area contributed by atoms with Crippen molar-refractivity contribution >= 4 is 0 Å². The van der Waals surface area contributed by atoms with Crippen LogP contribution in [-0.2, 0) is 0 Å². The number of nitrogens with zero attached hydrogens (tertiary/aromatic N) is 1. The number of hydrogen-bond donors (Lipinski definition) is 0. The fourth-order valence-electron chi connectivity index (χ4n) is 0.541. The summed E-state index contributed by atoms with van der Waals surface area (Å²) >= 11 is 0. The molecule has 0 saturated heterocycles. The minimum atomic E-state index is 0. The summed E-state index contributed by atoms with van der Waals surface area (Å²) in [5, 5.41) is 8.05. The molecule has 0 unspecified atom stereocenters. The molecule has 0 heterocycles. The monoisotopic (exact) mass is 137 g/mol. The van der Waals surface area contributed by atoms with Gasteiger partial charge < -0.3 is 10.2 Å². The number of rotatable bonds is 1. The molecule has 0 bridgehead atoms. The highest BCUT2D eigenvalue weighted by Crippen LogP contribution is 2.06. The first kappa shape index (κ1) is 8.47. The number of nitriles is 1. The first-order valence-corrected chi connectivity index (χ1v) is 2.54. The Hall–Kier alpha value is -1.53. The third-order valence-electron chi connectivity index (χ3n) is 0.907. The zero-order valence-corrected chi connectivity index (χ0v) is 5.24. The highest BCUT2D eigenvalue weighted by atomic mass is 16.5. The van der Waals surface area contributed by atoms with Gasteiger partial charge >= 0.3 is 0 Å². The van der Waals surface area contributed by atoms with Gasteiger partial charge in [-0.1, -0.05) is 18.2 Å². The molecule has 0 amide bonds. The molecule has 0 aliphatic heterocycles. The molecule has 3 heteroatoms. The van der Waals surface area contributed by atoms with Gasteiger partial charge in [0.05, 0.1) is 0 Å². The third-order valence-corrected chi connectivity index (χ3v) is 0.907. The molecule has 10 heavy (non-hydrogen) atoms. The minimum Gasteiger partial charge on any atom is -0.412 e. The molecule has 0 saturated carbocycles. The summed E-state index contributed by atoms with van der Waals surface area (Å²) in [6, 6.07) is 8.94. The summed E-state index contributed by atoms with van der Waals surface area (Å²) in [5.41, 5.74) is 0. The fourth-order valence-corrected chi connectivity index (χ4v) is 0.541. The zero-order valence-electron chi connectivity index (χ0n) is 5.24. The van der Waals surface area contributed by atoms with Gasteiger partial charge in [-0.25, -0.2) is 0 Å². The Morgan fingerprint density at radius 3 is 2.30 bits per heavy atom. The van der Waals surface area contributed by atoms with Crippen molar-refractivity contribution in [1.29, 1.82) is 5.26 Å². The number of benzene rings is 1. The summed E-state index contributed by atoms with van der Waals surface area (Å²) in [4.78, 5) is 0. The maximum atomic E-state index is 8.05. The Morgan fingerprint density at radius 2 is 1.80 bits per heavy atom. The Bertz CT molecular complexity index is 215. The minimum absolute atomic E-state index is 0. The predicted octanol–water partition coefficient (Wildman–Crippen LogP) is 0.722. The van der Waals surface area contributed by atoms with Crippen molar-refractivity contribution in [3.63, 3.8) is 0 Å². The van der Waals surface area contributed by atoms with Gasteiger partial charge in [0.15, 0.2) is 0 Å². The van der Waals surface area contributed by atoms with E-state index in [-0.39, 0.29) is 5.48 Å². The smallest absolute Gasteiger partial charge is 0.292 e. The van der Waals surface area contributed by atoms with Crippen LogP contribution in [0.15, 0.2) is 30.3 Å². The molecule has 0 fully saturated rings. The normalized spacial score (nSPS) is 7.10. The van der Waals surface area contributed by atoms with Crippen LogP contribution < -0.4 is 4.74 Å². The summed E-state index contributed by atoms with van der Waals surface area (Å²) in [6.45, 7) is 0. The van der Waals surface area contributed by atoms with Crippen LogP contribution in [0, 0.1) is 11.5 Å². The van der Waals surface area contributed by atoms with Gasteiger partial charge in [0.25, 0.3) is 6.26 Å². The maximum Gasteiger partial charge on any atom is 0.292 e. The standard InChI is InChI=1S/C7H5NO.H2O/c8-6-9-7-4-2-1-3-5-7;/h1-5H;1H2. The van der Waals surface area contributed by atoms with Gasteiger partial charge in [-0.15, -0.1) is 5.26 Å². The first-order valence-electron chi connectivity index (χ1n) is 2.54. The van der Waals surface area contributed by atoms with E-state index in [0.717, 1.165) is 0 Å². The van der Waals surface area contributed by atoms with Gasteiger partial charge in [0.2, 0.25) is 0 Å². The van der Waals surface area contributed by atoms with E-state index in [9.17, 15) is 0 Å². The average molecular weight is 137 g/mol. The molecule has 0 radical (unpaired) electrons. The Morgan fingerprint density at radius 1 is 1.20 bits per heavy atom. The second-order valence-electron chi connectivity index (χ2n) is 1.51. The molecule has 3 nitrogen and oxygen atoms in total. The van der Waals surface area contributed by atoms with Crippen LogP contribution in [0.3, 0.4) is 0 Å². The van der Waals surface area contributed by atoms with Crippen molar-refractivity contribution in [3.8, 4) is 12.0 Å². The molecule has 0 aliphatic rings. The Kier molecular flexibility index (Phi) is 3.69. The van der Waals surface area contributed by atoms with Crippen LogP contribution in [0.2, 0.25) is 0 Å². The van der Waals surface area contributed by atoms with Gasteiger partial charge in [-0.2, -0.15) is 0 Å². The quantitative estimate of drug-likeness (QED) is 0.535. The summed E-state index contributed by atoms with van der Waals surface area (Å²) in [7, 11) is 0. The first-order chi connectivity index (χ1) is 4.43. The van der Waals surface area contributed by atoms with Crippen molar-refractivity contribution in [2.75, 3.05) is 0 Å². The van der Waals surface area contributed by atoms with Crippen LogP contribution in [0.4, 0.5) is 0 Å². The van der Waals surface area contributed by atoms with Crippen LogP contribution in [0.1, 0.15) is 0 Å². The maximum absolute atomic E-state index is 8.05.